The maximum absolute atomic E-state index is 9.12. The largest absolute Gasteiger partial charge is 0.490 e. The molecular weight excluding hydrogens is 434 g/mol. The van der Waals surface area contributed by atoms with Crippen LogP contribution in [0.5, 0.6) is 5.75 Å². The number of hydrogen-bond donors (Lipinski definition) is 2. The summed E-state index contributed by atoms with van der Waals surface area (Å²) in [4.78, 5) is 3.85. The van der Waals surface area contributed by atoms with Crippen LogP contribution in [0.3, 0.4) is 0 Å². The monoisotopic (exact) mass is 475 g/mol. The predicted molar refractivity (Wildman–Crippen MR) is 146 cm³/mol. The van der Waals surface area contributed by atoms with Gasteiger partial charge in [0, 0.05) is 18.8 Å². The van der Waals surface area contributed by atoms with Gasteiger partial charge in [0.1, 0.15) is 11.8 Å². The third-order valence-electron chi connectivity index (χ3n) is 6.29. The van der Waals surface area contributed by atoms with Crippen molar-refractivity contribution in [3.05, 3.63) is 70.4 Å². The third kappa shape index (κ3) is 8.35. The zero-order chi connectivity index (χ0) is 25.8. The molecule has 35 heavy (non-hydrogen) atoms. The van der Waals surface area contributed by atoms with Crippen molar-refractivity contribution in [2.75, 3.05) is 13.2 Å². The van der Waals surface area contributed by atoms with E-state index in [1.807, 2.05) is 32.2 Å². The van der Waals surface area contributed by atoms with Gasteiger partial charge < -0.3 is 15.2 Å². The van der Waals surface area contributed by atoms with Gasteiger partial charge in [0.05, 0.1) is 18.3 Å². The number of fused-ring (bicyclic) bond motifs is 1. The first kappa shape index (κ1) is 28.3. The molecule has 188 valence electrons. The quantitative estimate of drug-likeness (QED) is 0.398. The van der Waals surface area contributed by atoms with Crippen LogP contribution in [0.15, 0.2) is 47.6 Å². The van der Waals surface area contributed by atoms with Crippen LogP contribution in [0.25, 0.3) is 5.57 Å². The summed E-state index contributed by atoms with van der Waals surface area (Å²) in [5.41, 5.74) is 7.05. The van der Waals surface area contributed by atoms with Crippen molar-refractivity contribution in [2.45, 2.75) is 72.4 Å². The number of rotatable bonds is 10. The van der Waals surface area contributed by atoms with Crippen LogP contribution >= 0.6 is 0 Å². The second-order valence-corrected chi connectivity index (χ2v) is 9.46. The SMILES string of the molecule is C=N/C=C(\C)c1cccc2c1CCC2NCCO.CCC(C)Cc1ccc(OC(C)C)c(C#N)c1. The van der Waals surface area contributed by atoms with Crippen molar-refractivity contribution in [1.82, 2.24) is 5.32 Å². The molecule has 2 atom stereocenters. The number of hydrogen-bond acceptors (Lipinski definition) is 5. The van der Waals surface area contributed by atoms with Crippen molar-refractivity contribution in [2.24, 2.45) is 10.9 Å². The molecule has 2 unspecified atom stereocenters. The molecule has 0 heterocycles. The Hall–Kier alpha value is -2.94. The van der Waals surface area contributed by atoms with Crippen molar-refractivity contribution >= 4 is 12.3 Å². The van der Waals surface area contributed by atoms with Crippen LogP contribution in [-0.4, -0.2) is 31.1 Å². The lowest BCUT2D eigenvalue weighted by Crippen LogP contribution is -2.22. The maximum atomic E-state index is 9.12. The van der Waals surface area contributed by atoms with E-state index in [2.05, 4.69) is 68.1 Å². The van der Waals surface area contributed by atoms with Crippen molar-refractivity contribution in [1.29, 1.82) is 5.26 Å². The molecular formula is C30H41N3O2. The molecule has 1 aliphatic carbocycles. The molecule has 0 amide bonds. The summed E-state index contributed by atoms with van der Waals surface area (Å²) < 4.78 is 5.60. The molecule has 0 radical (unpaired) electrons. The summed E-state index contributed by atoms with van der Waals surface area (Å²) in [6, 6.07) is 14.9. The molecule has 5 nitrogen and oxygen atoms in total. The Morgan fingerprint density at radius 1 is 1.31 bits per heavy atom. The smallest absolute Gasteiger partial charge is 0.137 e. The van der Waals surface area contributed by atoms with Gasteiger partial charge in [-0.15, -0.1) is 0 Å². The zero-order valence-corrected chi connectivity index (χ0v) is 22.0. The third-order valence-corrected chi connectivity index (χ3v) is 6.29. The second kappa shape index (κ2) is 14.5. The fourth-order valence-corrected chi connectivity index (χ4v) is 4.38. The Labute approximate surface area is 211 Å². The van der Waals surface area contributed by atoms with Gasteiger partial charge in [-0.3, -0.25) is 4.99 Å². The minimum atomic E-state index is 0.0996. The van der Waals surface area contributed by atoms with E-state index in [9.17, 15) is 0 Å². The molecule has 0 fully saturated rings. The van der Waals surface area contributed by atoms with Crippen LogP contribution in [0, 0.1) is 17.2 Å². The van der Waals surface area contributed by atoms with Crippen LogP contribution in [0.4, 0.5) is 0 Å². The maximum Gasteiger partial charge on any atom is 0.137 e. The fraction of sp³-hybridized carbons (Fsp3) is 0.467. The van der Waals surface area contributed by atoms with Gasteiger partial charge in [0.25, 0.3) is 0 Å². The van der Waals surface area contributed by atoms with Crippen molar-refractivity contribution < 1.29 is 9.84 Å². The lowest BCUT2D eigenvalue weighted by atomic mass is 9.97. The Kier molecular flexibility index (Phi) is 11.7. The van der Waals surface area contributed by atoms with Crippen LogP contribution in [-0.2, 0) is 12.8 Å². The van der Waals surface area contributed by atoms with E-state index in [-0.39, 0.29) is 12.7 Å². The second-order valence-electron chi connectivity index (χ2n) is 9.46. The number of nitriles is 1. The van der Waals surface area contributed by atoms with E-state index in [1.165, 1.54) is 22.3 Å². The predicted octanol–water partition coefficient (Wildman–Crippen LogP) is 6.25. The van der Waals surface area contributed by atoms with E-state index in [0.717, 1.165) is 31.3 Å². The standard InChI is InChI=1S/C15H20N2O.C15H21NO/c1-11(10-16-2)12-4-3-5-14-13(12)6-7-15(14)17-8-9-18;1-5-12(4)8-13-6-7-15(17-11(2)3)14(9-13)10-16/h3-5,10,15,17-18H,2,6-9H2,1H3;6-7,9,11-12H,5,8H2,1-4H3/b11-10+;. The van der Waals surface area contributed by atoms with E-state index in [0.29, 0.717) is 29.8 Å². The average molecular weight is 476 g/mol. The number of aliphatic hydroxyl groups is 1. The first-order valence-electron chi connectivity index (χ1n) is 12.6. The highest BCUT2D eigenvalue weighted by molar-refractivity contribution is 5.69. The molecule has 2 aromatic carbocycles. The fourth-order valence-electron chi connectivity index (χ4n) is 4.38. The topological polar surface area (TPSA) is 77.6 Å². The highest BCUT2D eigenvalue weighted by atomic mass is 16.5. The highest BCUT2D eigenvalue weighted by Crippen LogP contribution is 2.35. The first-order valence-corrected chi connectivity index (χ1v) is 12.6. The van der Waals surface area contributed by atoms with Gasteiger partial charge in [-0.2, -0.15) is 5.26 Å². The first-order chi connectivity index (χ1) is 16.8. The minimum absolute atomic E-state index is 0.0996. The Bertz CT molecular complexity index is 1040. The molecule has 5 heteroatoms. The molecule has 0 saturated heterocycles. The number of aliphatic hydroxyl groups excluding tert-OH is 1. The molecule has 2 aromatic rings. The summed E-state index contributed by atoms with van der Waals surface area (Å²) in [5.74, 6) is 1.34. The van der Waals surface area contributed by atoms with Gasteiger partial charge in [-0.25, -0.2) is 0 Å². The van der Waals surface area contributed by atoms with E-state index in [4.69, 9.17) is 15.1 Å². The molecule has 2 N–H and O–H groups in total. The molecule has 0 aliphatic heterocycles. The highest BCUT2D eigenvalue weighted by Gasteiger charge is 2.24. The van der Waals surface area contributed by atoms with Gasteiger partial charge in [0.15, 0.2) is 0 Å². The lowest BCUT2D eigenvalue weighted by molar-refractivity contribution is 0.241. The number of nitrogens with zero attached hydrogens (tertiary/aromatic N) is 2. The van der Waals surface area contributed by atoms with Gasteiger partial charge in [-0.05, 0) is 92.6 Å². The molecule has 0 bridgehead atoms. The number of ether oxygens (including phenoxy) is 1. The molecule has 0 aromatic heterocycles. The average Bonchev–Trinajstić information content (AvgIpc) is 3.27. The Morgan fingerprint density at radius 2 is 2.09 bits per heavy atom. The molecule has 0 spiro atoms. The van der Waals surface area contributed by atoms with Crippen molar-refractivity contribution in [3.8, 4) is 11.8 Å². The zero-order valence-electron chi connectivity index (χ0n) is 22.0. The summed E-state index contributed by atoms with van der Waals surface area (Å²) >= 11 is 0. The summed E-state index contributed by atoms with van der Waals surface area (Å²) in [6.45, 7) is 14.8. The lowest BCUT2D eigenvalue weighted by Gasteiger charge is -2.14. The number of allylic oxidation sites excluding steroid dienone is 1. The van der Waals surface area contributed by atoms with Gasteiger partial charge in [-0.1, -0.05) is 44.5 Å². The summed E-state index contributed by atoms with van der Waals surface area (Å²) in [7, 11) is 0. The van der Waals surface area contributed by atoms with Crippen LogP contribution in [0.2, 0.25) is 0 Å². The number of nitrogens with one attached hydrogen (secondary N) is 1. The Balaban J connectivity index is 0.000000247. The molecule has 1 aliphatic rings. The van der Waals surface area contributed by atoms with Crippen molar-refractivity contribution in [3.63, 3.8) is 0 Å². The minimum Gasteiger partial charge on any atom is -0.490 e. The number of aliphatic imine (C=N–C) groups is 1. The molecule has 3 rings (SSSR count). The van der Waals surface area contributed by atoms with Gasteiger partial charge >= 0.3 is 0 Å². The normalized spacial score (nSPS) is 15.6. The van der Waals surface area contributed by atoms with E-state index >= 15 is 0 Å². The van der Waals surface area contributed by atoms with E-state index in [1.54, 1.807) is 0 Å². The summed E-state index contributed by atoms with van der Waals surface area (Å²) in [5, 5.41) is 21.4. The molecule has 0 saturated carbocycles. The van der Waals surface area contributed by atoms with E-state index < -0.39 is 0 Å². The Morgan fingerprint density at radius 3 is 2.71 bits per heavy atom. The van der Waals surface area contributed by atoms with Crippen LogP contribution in [0.1, 0.15) is 81.3 Å². The summed E-state index contributed by atoms with van der Waals surface area (Å²) in [6.07, 6.45) is 6.27. The number of benzene rings is 2. The van der Waals surface area contributed by atoms with Gasteiger partial charge in [0.2, 0.25) is 0 Å². The van der Waals surface area contributed by atoms with Crippen LogP contribution < -0.4 is 10.1 Å².